The molecule has 3 aromatic carbocycles. The lowest BCUT2D eigenvalue weighted by molar-refractivity contribution is 0.330. The van der Waals surface area contributed by atoms with Gasteiger partial charge in [-0.2, -0.15) is 5.26 Å². The van der Waals surface area contributed by atoms with Crippen molar-refractivity contribution in [2.45, 2.75) is 6.42 Å². The summed E-state index contributed by atoms with van der Waals surface area (Å²) in [5, 5.41) is 12.0. The second kappa shape index (κ2) is 7.09. The smallest absolute Gasteiger partial charge is 0.142 e. The molecule has 0 saturated heterocycles. The van der Waals surface area contributed by atoms with Gasteiger partial charge in [0.15, 0.2) is 0 Å². The number of anilines is 1. The van der Waals surface area contributed by atoms with Gasteiger partial charge in [0.25, 0.3) is 0 Å². The molecule has 0 aliphatic carbocycles. The Morgan fingerprint density at radius 3 is 2.63 bits per heavy atom. The number of methoxy groups -OCH3 is 1. The van der Waals surface area contributed by atoms with Gasteiger partial charge in [-0.25, -0.2) is 4.98 Å². The first-order valence-electron chi connectivity index (χ1n) is 9.73. The number of nitriles is 1. The Hall–Kier alpha value is -4.04. The van der Waals surface area contributed by atoms with Crippen molar-refractivity contribution in [2.75, 3.05) is 19.5 Å². The first kappa shape index (κ1) is 18.0. The van der Waals surface area contributed by atoms with Crippen molar-refractivity contribution < 1.29 is 9.47 Å². The molecule has 2 N–H and O–H groups in total. The van der Waals surface area contributed by atoms with E-state index in [1.807, 2.05) is 48.5 Å². The van der Waals surface area contributed by atoms with Crippen LogP contribution in [0.25, 0.3) is 33.2 Å². The summed E-state index contributed by atoms with van der Waals surface area (Å²) in [7, 11) is 1.64. The molecule has 1 aliphatic rings. The zero-order chi connectivity index (χ0) is 20.7. The zero-order valence-electron chi connectivity index (χ0n) is 16.5. The van der Waals surface area contributed by atoms with Crippen LogP contribution in [-0.4, -0.2) is 18.7 Å². The molecule has 30 heavy (non-hydrogen) atoms. The molecule has 5 heteroatoms. The predicted octanol–water partition coefficient (Wildman–Crippen LogP) is 4.97. The molecule has 0 fully saturated rings. The second-order valence-electron chi connectivity index (χ2n) is 7.18. The average Bonchev–Trinajstić information content (AvgIpc) is 2.99. The molecular formula is C25H19N3O2. The fraction of sp³-hybridized carbons (Fsp3) is 0.120. The molecule has 5 rings (SSSR count). The number of hydrogen-bond donors (Lipinski definition) is 1. The Bertz CT molecular complexity index is 1320. The van der Waals surface area contributed by atoms with Crippen LogP contribution < -0.4 is 15.2 Å². The molecule has 1 aromatic heterocycles. The highest BCUT2D eigenvalue weighted by Gasteiger charge is 2.26. The molecular weight excluding hydrogens is 374 g/mol. The SMILES string of the molecule is COc1ccc(-c2nc(N)c(C#N)c3c2CCOc2c-3ccc3ccccc23)cc1. The Balaban J connectivity index is 1.83. The van der Waals surface area contributed by atoms with Gasteiger partial charge in [-0.05, 0) is 41.3 Å². The maximum Gasteiger partial charge on any atom is 0.142 e. The Labute approximate surface area is 174 Å². The van der Waals surface area contributed by atoms with Crippen LogP contribution in [0, 0.1) is 11.3 Å². The summed E-state index contributed by atoms with van der Waals surface area (Å²) in [6.45, 7) is 0.494. The molecule has 1 aliphatic heterocycles. The molecule has 146 valence electrons. The highest BCUT2D eigenvalue weighted by Crippen LogP contribution is 2.45. The Morgan fingerprint density at radius 1 is 1.07 bits per heavy atom. The van der Waals surface area contributed by atoms with E-state index in [1.165, 1.54) is 0 Å². The lowest BCUT2D eigenvalue weighted by atomic mass is 9.89. The number of nitrogen functional groups attached to an aromatic ring is 1. The van der Waals surface area contributed by atoms with E-state index in [9.17, 15) is 5.26 Å². The third kappa shape index (κ3) is 2.73. The molecule has 0 spiro atoms. The van der Waals surface area contributed by atoms with Crippen molar-refractivity contribution in [1.82, 2.24) is 4.98 Å². The van der Waals surface area contributed by atoms with E-state index in [4.69, 9.17) is 15.2 Å². The summed E-state index contributed by atoms with van der Waals surface area (Å²) in [5.74, 6) is 1.78. The number of aromatic nitrogens is 1. The minimum atomic E-state index is 0.225. The number of hydrogen-bond acceptors (Lipinski definition) is 5. The molecule has 2 heterocycles. The predicted molar refractivity (Wildman–Crippen MR) is 117 cm³/mol. The normalized spacial score (nSPS) is 12.3. The molecule has 4 aromatic rings. The minimum absolute atomic E-state index is 0.225. The summed E-state index contributed by atoms with van der Waals surface area (Å²) in [4.78, 5) is 4.62. The van der Waals surface area contributed by atoms with Gasteiger partial charge in [0, 0.05) is 28.5 Å². The summed E-state index contributed by atoms with van der Waals surface area (Å²) >= 11 is 0. The van der Waals surface area contributed by atoms with Gasteiger partial charge in [-0.15, -0.1) is 0 Å². The standard InChI is InChI=1S/C25H19N3O2/c1-29-17-9-6-16(7-10-17)23-19-12-13-30-24-18-5-3-2-4-15(18)8-11-20(24)22(19)21(14-26)25(27)28-23/h2-11H,12-13H2,1H3,(H2,27,28). The molecule has 0 atom stereocenters. The van der Waals surface area contributed by atoms with Crippen LogP contribution in [0.1, 0.15) is 11.1 Å². The lowest BCUT2D eigenvalue weighted by Gasteiger charge is -2.17. The summed E-state index contributed by atoms with van der Waals surface area (Å²) in [6.07, 6.45) is 0.627. The molecule has 0 saturated carbocycles. The number of nitrogens with zero attached hydrogens (tertiary/aromatic N) is 2. The number of pyridine rings is 1. The van der Waals surface area contributed by atoms with Crippen molar-refractivity contribution in [1.29, 1.82) is 5.26 Å². The van der Waals surface area contributed by atoms with E-state index >= 15 is 0 Å². The van der Waals surface area contributed by atoms with Gasteiger partial charge in [0.1, 0.15) is 28.9 Å². The van der Waals surface area contributed by atoms with Crippen molar-refractivity contribution in [2.24, 2.45) is 0 Å². The first-order chi connectivity index (χ1) is 14.7. The third-order valence-corrected chi connectivity index (χ3v) is 5.55. The van der Waals surface area contributed by atoms with Gasteiger partial charge in [0.2, 0.25) is 0 Å². The second-order valence-corrected chi connectivity index (χ2v) is 7.18. The Morgan fingerprint density at radius 2 is 1.87 bits per heavy atom. The maximum atomic E-state index is 9.91. The summed E-state index contributed by atoms with van der Waals surface area (Å²) in [5.41, 5.74) is 11.0. The van der Waals surface area contributed by atoms with Gasteiger partial charge in [0.05, 0.1) is 19.4 Å². The molecule has 0 bridgehead atoms. The Kier molecular flexibility index (Phi) is 4.26. The monoisotopic (exact) mass is 393 g/mol. The highest BCUT2D eigenvalue weighted by molar-refractivity contribution is 5.98. The van der Waals surface area contributed by atoms with Crippen LogP contribution in [0.2, 0.25) is 0 Å². The topological polar surface area (TPSA) is 81.2 Å². The number of fused-ring (bicyclic) bond motifs is 5. The van der Waals surface area contributed by atoms with Crippen molar-refractivity contribution in [3.63, 3.8) is 0 Å². The first-order valence-corrected chi connectivity index (χ1v) is 9.73. The van der Waals surface area contributed by atoms with Crippen LogP contribution >= 0.6 is 0 Å². The minimum Gasteiger partial charge on any atom is -0.497 e. The highest BCUT2D eigenvalue weighted by atomic mass is 16.5. The number of ether oxygens (including phenoxy) is 2. The van der Waals surface area contributed by atoms with Crippen LogP contribution in [-0.2, 0) is 6.42 Å². The van der Waals surface area contributed by atoms with Crippen LogP contribution in [0.15, 0.2) is 60.7 Å². The van der Waals surface area contributed by atoms with E-state index < -0.39 is 0 Å². The van der Waals surface area contributed by atoms with Gasteiger partial charge < -0.3 is 15.2 Å². The van der Waals surface area contributed by atoms with Crippen molar-refractivity contribution in [3.8, 4) is 40.0 Å². The number of rotatable bonds is 2. The van der Waals surface area contributed by atoms with Crippen molar-refractivity contribution >= 4 is 16.6 Å². The lowest BCUT2D eigenvalue weighted by Crippen LogP contribution is -2.06. The number of benzene rings is 3. The third-order valence-electron chi connectivity index (χ3n) is 5.55. The van der Waals surface area contributed by atoms with Gasteiger partial charge >= 0.3 is 0 Å². The van der Waals surface area contributed by atoms with Gasteiger partial charge in [-0.3, -0.25) is 0 Å². The summed E-state index contributed by atoms with van der Waals surface area (Å²) in [6, 6.07) is 22.1. The molecule has 5 nitrogen and oxygen atoms in total. The largest absolute Gasteiger partial charge is 0.497 e. The number of nitrogens with two attached hydrogens (primary N) is 1. The van der Waals surface area contributed by atoms with Crippen molar-refractivity contribution in [3.05, 3.63) is 71.8 Å². The zero-order valence-corrected chi connectivity index (χ0v) is 16.5. The molecule has 0 unspecified atom stereocenters. The van der Waals surface area contributed by atoms with E-state index in [0.29, 0.717) is 18.6 Å². The van der Waals surface area contributed by atoms with Crippen LogP contribution in [0.5, 0.6) is 11.5 Å². The fourth-order valence-electron chi connectivity index (χ4n) is 4.13. The van der Waals surface area contributed by atoms with Gasteiger partial charge in [-0.1, -0.05) is 30.3 Å². The molecule has 0 amide bonds. The maximum absolute atomic E-state index is 9.91. The quantitative estimate of drug-likeness (QED) is 0.520. The van der Waals surface area contributed by atoms with Crippen LogP contribution in [0.4, 0.5) is 5.82 Å². The summed E-state index contributed by atoms with van der Waals surface area (Å²) < 4.78 is 11.5. The van der Waals surface area contributed by atoms with E-state index in [-0.39, 0.29) is 5.82 Å². The van der Waals surface area contributed by atoms with E-state index in [0.717, 1.165) is 50.2 Å². The average molecular weight is 393 g/mol. The van der Waals surface area contributed by atoms with E-state index in [1.54, 1.807) is 7.11 Å². The fourth-order valence-corrected chi connectivity index (χ4v) is 4.13. The van der Waals surface area contributed by atoms with E-state index in [2.05, 4.69) is 23.2 Å². The molecule has 0 radical (unpaired) electrons. The van der Waals surface area contributed by atoms with Crippen LogP contribution in [0.3, 0.4) is 0 Å².